The van der Waals surface area contributed by atoms with Gasteiger partial charge in [-0.25, -0.2) is 0 Å². The van der Waals surface area contributed by atoms with Gasteiger partial charge in [0, 0.05) is 12.1 Å². The summed E-state index contributed by atoms with van der Waals surface area (Å²) in [5.41, 5.74) is 2.59. The number of hydrogen-bond acceptors (Lipinski definition) is 3. The summed E-state index contributed by atoms with van der Waals surface area (Å²) >= 11 is 0. The summed E-state index contributed by atoms with van der Waals surface area (Å²) in [6.07, 6.45) is 2.95. The summed E-state index contributed by atoms with van der Waals surface area (Å²) in [4.78, 5) is 12.7. The van der Waals surface area contributed by atoms with Crippen LogP contribution in [0.25, 0.3) is 0 Å². The number of nitrogens with zero attached hydrogens (tertiary/aromatic N) is 1. The van der Waals surface area contributed by atoms with Crippen molar-refractivity contribution in [3.63, 3.8) is 0 Å². The van der Waals surface area contributed by atoms with Gasteiger partial charge in [0.15, 0.2) is 0 Å². The van der Waals surface area contributed by atoms with Crippen molar-refractivity contribution in [2.75, 3.05) is 0 Å². The van der Waals surface area contributed by atoms with Gasteiger partial charge in [0.1, 0.15) is 5.76 Å². The van der Waals surface area contributed by atoms with E-state index in [1.807, 2.05) is 32.0 Å². The van der Waals surface area contributed by atoms with Gasteiger partial charge in [-0.2, -0.15) is 0 Å². The van der Waals surface area contributed by atoms with Crippen molar-refractivity contribution in [1.82, 2.24) is 10.5 Å². The molecule has 0 saturated heterocycles. The van der Waals surface area contributed by atoms with E-state index in [0.717, 1.165) is 41.8 Å². The lowest BCUT2D eigenvalue weighted by Crippen LogP contribution is -2.49. The third kappa shape index (κ3) is 2.35. The van der Waals surface area contributed by atoms with Crippen LogP contribution in [0, 0.1) is 13.8 Å². The van der Waals surface area contributed by atoms with Crippen LogP contribution in [0.5, 0.6) is 0 Å². The van der Waals surface area contributed by atoms with Crippen LogP contribution >= 0.6 is 0 Å². The molecular formula is C17H20N2O2. The molecule has 0 bridgehead atoms. The highest BCUT2D eigenvalue weighted by atomic mass is 16.5. The average Bonchev–Trinajstić information content (AvgIpc) is 2.76. The number of hydrogen-bond donors (Lipinski definition) is 1. The first kappa shape index (κ1) is 13.9. The van der Waals surface area contributed by atoms with E-state index in [1.165, 1.54) is 0 Å². The minimum Gasteiger partial charge on any atom is -0.361 e. The Morgan fingerprint density at radius 2 is 2.00 bits per heavy atom. The summed E-state index contributed by atoms with van der Waals surface area (Å²) in [6.45, 7) is 4.25. The summed E-state index contributed by atoms with van der Waals surface area (Å²) in [6, 6.07) is 10.1. The van der Waals surface area contributed by atoms with Gasteiger partial charge in [-0.05, 0) is 32.3 Å². The molecule has 4 nitrogen and oxygen atoms in total. The van der Waals surface area contributed by atoms with Gasteiger partial charge in [-0.15, -0.1) is 0 Å². The minimum absolute atomic E-state index is 0.111. The van der Waals surface area contributed by atoms with Crippen molar-refractivity contribution in [3.8, 4) is 0 Å². The fraction of sp³-hybridized carbons (Fsp3) is 0.412. The van der Waals surface area contributed by atoms with E-state index in [9.17, 15) is 4.79 Å². The fourth-order valence-electron chi connectivity index (χ4n) is 3.03. The molecule has 110 valence electrons. The molecule has 4 heteroatoms. The second-order valence-electron chi connectivity index (χ2n) is 5.79. The number of aryl methyl sites for hydroxylation is 2. The number of carbonyl (C=O) groups is 1. The van der Waals surface area contributed by atoms with E-state index in [1.54, 1.807) is 0 Å². The molecule has 3 rings (SSSR count). The van der Waals surface area contributed by atoms with Crippen LogP contribution in [0.2, 0.25) is 0 Å². The van der Waals surface area contributed by atoms with Gasteiger partial charge < -0.3 is 9.84 Å². The van der Waals surface area contributed by atoms with E-state index >= 15 is 0 Å². The number of nitrogens with one attached hydrogen (secondary N) is 1. The monoisotopic (exact) mass is 284 g/mol. The summed E-state index contributed by atoms with van der Waals surface area (Å²) in [5, 5.41) is 6.99. The molecule has 0 unspecified atom stereocenters. The van der Waals surface area contributed by atoms with E-state index in [4.69, 9.17) is 4.52 Å². The molecule has 1 aliphatic rings. The Hall–Kier alpha value is -2.10. The van der Waals surface area contributed by atoms with Gasteiger partial charge in [0.05, 0.1) is 11.1 Å². The molecule has 1 fully saturated rings. The Morgan fingerprint density at radius 1 is 1.29 bits per heavy atom. The quantitative estimate of drug-likeness (QED) is 0.939. The molecule has 1 saturated carbocycles. The molecule has 1 aromatic heterocycles. The molecule has 1 N–H and O–H groups in total. The first-order valence-electron chi connectivity index (χ1n) is 7.39. The third-order valence-corrected chi connectivity index (χ3v) is 4.58. The summed E-state index contributed by atoms with van der Waals surface area (Å²) < 4.78 is 5.14. The Kier molecular flexibility index (Phi) is 3.53. The number of aromatic nitrogens is 1. The molecule has 1 heterocycles. The molecule has 1 aliphatic carbocycles. The maximum atomic E-state index is 12.7. The lowest BCUT2D eigenvalue weighted by atomic mass is 9.64. The van der Waals surface area contributed by atoms with Crippen molar-refractivity contribution in [2.24, 2.45) is 0 Å². The Balaban J connectivity index is 1.75. The number of benzene rings is 1. The lowest BCUT2D eigenvalue weighted by Gasteiger charge is -2.40. The summed E-state index contributed by atoms with van der Waals surface area (Å²) in [7, 11) is 0. The van der Waals surface area contributed by atoms with Crippen molar-refractivity contribution >= 4 is 5.91 Å². The van der Waals surface area contributed by atoms with Gasteiger partial charge >= 0.3 is 0 Å². The topological polar surface area (TPSA) is 55.1 Å². The highest BCUT2D eigenvalue weighted by Gasteiger charge is 2.45. The van der Waals surface area contributed by atoms with E-state index in [-0.39, 0.29) is 11.3 Å². The maximum absolute atomic E-state index is 12.7. The van der Waals surface area contributed by atoms with Crippen molar-refractivity contribution in [1.29, 1.82) is 0 Å². The Labute approximate surface area is 124 Å². The van der Waals surface area contributed by atoms with Crippen LogP contribution < -0.4 is 5.32 Å². The zero-order valence-electron chi connectivity index (χ0n) is 12.5. The van der Waals surface area contributed by atoms with Gasteiger partial charge in [0.25, 0.3) is 0 Å². The fourth-order valence-corrected chi connectivity index (χ4v) is 3.03. The molecule has 1 amide bonds. The van der Waals surface area contributed by atoms with E-state index < -0.39 is 0 Å². The standard InChI is InChI=1S/C17H20N2O2/c1-12-15(13(2)21-19-12)11-18-16(20)17(9-6-10-17)14-7-4-3-5-8-14/h3-5,7-8H,6,9-11H2,1-2H3,(H,18,20). The van der Waals surface area contributed by atoms with Gasteiger partial charge in [0.2, 0.25) is 5.91 Å². The number of rotatable bonds is 4. The lowest BCUT2D eigenvalue weighted by molar-refractivity contribution is -0.130. The SMILES string of the molecule is Cc1noc(C)c1CNC(=O)C1(c2ccccc2)CCC1. The van der Waals surface area contributed by atoms with Crippen molar-refractivity contribution < 1.29 is 9.32 Å². The second kappa shape index (κ2) is 5.35. The molecule has 1 aromatic carbocycles. The first-order chi connectivity index (χ1) is 10.1. The van der Waals surface area contributed by atoms with Gasteiger partial charge in [-0.3, -0.25) is 4.79 Å². The van der Waals surface area contributed by atoms with Crippen LogP contribution in [0.3, 0.4) is 0 Å². The zero-order chi connectivity index (χ0) is 14.9. The predicted molar refractivity (Wildman–Crippen MR) is 79.8 cm³/mol. The Bertz CT molecular complexity index is 623. The number of carbonyl (C=O) groups excluding carboxylic acids is 1. The van der Waals surface area contributed by atoms with E-state index in [2.05, 4.69) is 22.6 Å². The average molecular weight is 284 g/mol. The van der Waals surface area contributed by atoms with Crippen LogP contribution in [0.15, 0.2) is 34.9 Å². The Morgan fingerprint density at radius 3 is 2.52 bits per heavy atom. The largest absolute Gasteiger partial charge is 0.361 e. The highest BCUT2D eigenvalue weighted by molar-refractivity contribution is 5.89. The second-order valence-corrected chi connectivity index (χ2v) is 5.79. The normalized spacial score (nSPS) is 16.3. The first-order valence-corrected chi connectivity index (χ1v) is 7.39. The third-order valence-electron chi connectivity index (χ3n) is 4.58. The molecule has 2 aromatic rings. The molecule has 0 spiro atoms. The molecule has 0 aliphatic heterocycles. The molecular weight excluding hydrogens is 264 g/mol. The smallest absolute Gasteiger partial charge is 0.230 e. The van der Waals surface area contributed by atoms with Crippen molar-refractivity contribution in [3.05, 3.63) is 52.9 Å². The maximum Gasteiger partial charge on any atom is 0.230 e. The van der Waals surface area contributed by atoms with Crippen LogP contribution in [-0.4, -0.2) is 11.1 Å². The van der Waals surface area contributed by atoms with Crippen molar-refractivity contribution in [2.45, 2.75) is 45.1 Å². The zero-order valence-corrected chi connectivity index (χ0v) is 12.5. The molecule has 0 radical (unpaired) electrons. The van der Waals surface area contributed by atoms with Crippen LogP contribution in [0.1, 0.15) is 41.8 Å². The highest BCUT2D eigenvalue weighted by Crippen LogP contribution is 2.43. The van der Waals surface area contributed by atoms with Crippen LogP contribution in [0.4, 0.5) is 0 Å². The minimum atomic E-state index is -0.347. The molecule has 21 heavy (non-hydrogen) atoms. The van der Waals surface area contributed by atoms with E-state index in [0.29, 0.717) is 6.54 Å². The van der Waals surface area contributed by atoms with Crippen LogP contribution in [-0.2, 0) is 16.8 Å². The van der Waals surface area contributed by atoms with Gasteiger partial charge in [-0.1, -0.05) is 41.9 Å². The molecule has 0 atom stereocenters. The number of amides is 1. The summed E-state index contributed by atoms with van der Waals surface area (Å²) in [5.74, 6) is 0.884. The predicted octanol–water partition coefficient (Wildman–Crippen LogP) is 3.03.